The van der Waals surface area contributed by atoms with Gasteiger partial charge in [0, 0.05) is 10.5 Å². The van der Waals surface area contributed by atoms with E-state index in [1.165, 1.54) is 12.1 Å². The molecule has 1 nitrogen and oxygen atoms in total. The number of aryl methyl sites for hydroxylation is 1. The summed E-state index contributed by atoms with van der Waals surface area (Å²) in [4.78, 5) is 0. The van der Waals surface area contributed by atoms with E-state index in [2.05, 4.69) is 15.9 Å². The van der Waals surface area contributed by atoms with Crippen LogP contribution in [-0.4, -0.2) is 0 Å². The highest BCUT2D eigenvalue weighted by Crippen LogP contribution is 2.22. The first-order chi connectivity index (χ1) is 8.97. The highest BCUT2D eigenvalue weighted by atomic mass is 79.9. The second-order valence-electron chi connectivity index (χ2n) is 4.55. The summed E-state index contributed by atoms with van der Waals surface area (Å²) in [5, 5.41) is 0. The molecule has 0 saturated heterocycles. The van der Waals surface area contributed by atoms with Gasteiger partial charge in [0.1, 0.15) is 11.6 Å². The molecule has 0 spiro atoms. The van der Waals surface area contributed by atoms with Gasteiger partial charge in [-0.1, -0.05) is 34.1 Å². The third-order valence-electron chi connectivity index (χ3n) is 3.07. The van der Waals surface area contributed by atoms with Gasteiger partial charge in [-0.05, 0) is 48.2 Å². The molecule has 100 valence electrons. The number of nitrogens with two attached hydrogens (primary N) is 1. The van der Waals surface area contributed by atoms with Crippen LogP contribution in [0.1, 0.15) is 22.7 Å². The Morgan fingerprint density at radius 1 is 1.11 bits per heavy atom. The van der Waals surface area contributed by atoms with Crippen LogP contribution in [0.15, 0.2) is 40.9 Å². The van der Waals surface area contributed by atoms with E-state index in [-0.39, 0.29) is 17.7 Å². The Balaban J connectivity index is 2.20. The topological polar surface area (TPSA) is 26.0 Å². The zero-order chi connectivity index (χ0) is 14.0. The van der Waals surface area contributed by atoms with Crippen LogP contribution in [0.4, 0.5) is 8.78 Å². The Labute approximate surface area is 119 Å². The molecular weight excluding hydrogens is 312 g/mol. The van der Waals surface area contributed by atoms with Crippen LogP contribution in [0.5, 0.6) is 0 Å². The van der Waals surface area contributed by atoms with Crippen LogP contribution in [-0.2, 0) is 6.42 Å². The van der Waals surface area contributed by atoms with Crippen molar-refractivity contribution in [2.24, 2.45) is 5.73 Å². The van der Waals surface area contributed by atoms with Crippen molar-refractivity contribution in [1.82, 2.24) is 0 Å². The number of hydrogen-bond acceptors (Lipinski definition) is 1. The summed E-state index contributed by atoms with van der Waals surface area (Å²) in [6, 6.07) is 9.28. The smallest absolute Gasteiger partial charge is 0.127 e. The predicted molar refractivity (Wildman–Crippen MR) is 75.9 cm³/mol. The molecular formula is C15H14BrF2N. The van der Waals surface area contributed by atoms with E-state index < -0.39 is 0 Å². The first kappa shape index (κ1) is 14.2. The van der Waals surface area contributed by atoms with Crippen LogP contribution < -0.4 is 5.73 Å². The lowest BCUT2D eigenvalue weighted by atomic mass is 9.98. The third kappa shape index (κ3) is 3.39. The summed E-state index contributed by atoms with van der Waals surface area (Å²) in [7, 11) is 0. The zero-order valence-corrected chi connectivity index (χ0v) is 12.0. The summed E-state index contributed by atoms with van der Waals surface area (Å²) in [5.74, 6) is -0.547. The number of rotatable bonds is 3. The fourth-order valence-electron chi connectivity index (χ4n) is 1.94. The average Bonchev–Trinajstić information content (AvgIpc) is 2.36. The lowest BCUT2D eigenvalue weighted by Gasteiger charge is -2.14. The maximum atomic E-state index is 13.7. The Bertz CT molecular complexity index is 599. The van der Waals surface area contributed by atoms with Crippen molar-refractivity contribution >= 4 is 15.9 Å². The molecule has 1 atom stereocenters. The van der Waals surface area contributed by atoms with Gasteiger partial charge < -0.3 is 5.73 Å². The number of benzene rings is 2. The first-order valence-corrected chi connectivity index (χ1v) is 6.72. The molecule has 2 aromatic carbocycles. The molecule has 0 radical (unpaired) electrons. The van der Waals surface area contributed by atoms with E-state index in [9.17, 15) is 8.78 Å². The zero-order valence-electron chi connectivity index (χ0n) is 10.5. The largest absolute Gasteiger partial charge is 0.324 e. The highest BCUT2D eigenvalue weighted by Gasteiger charge is 2.12. The molecule has 1 unspecified atom stereocenters. The molecule has 0 heterocycles. The van der Waals surface area contributed by atoms with E-state index in [1.54, 1.807) is 31.2 Å². The van der Waals surface area contributed by atoms with Gasteiger partial charge in [0.25, 0.3) is 0 Å². The Kier molecular flexibility index (Phi) is 4.32. The molecule has 0 aliphatic heterocycles. The predicted octanol–water partition coefficient (Wildman–Crippen LogP) is 4.28. The van der Waals surface area contributed by atoms with Crippen LogP contribution in [0, 0.1) is 18.6 Å². The molecule has 4 heteroatoms. The molecule has 2 aromatic rings. The van der Waals surface area contributed by atoms with E-state index >= 15 is 0 Å². The van der Waals surface area contributed by atoms with Crippen molar-refractivity contribution in [2.75, 3.05) is 0 Å². The van der Waals surface area contributed by atoms with Crippen LogP contribution in [0.2, 0.25) is 0 Å². The molecule has 19 heavy (non-hydrogen) atoms. The Morgan fingerprint density at radius 2 is 1.84 bits per heavy atom. The highest BCUT2D eigenvalue weighted by molar-refractivity contribution is 9.10. The minimum absolute atomic E-state index is 0.259. The van der Waals surface area contributed by atoms with Gasteiger partial charge in [0.05, 0.1) is 0 Å². The molecule has 0 saturated carbocycles. The molecule has 0 fully saturated rings. The molecule has 0 bridgehead atoms. The minimum Gasteiger partial charge on any atom is -0.324 e. The second kappa shape index (κ2) is 5.80. The SMILES string of the molecule is Cc1cc(C(N)Cc2ccc(Br)cc2F)ccc1F. The maximum Gasteiger partial charge on any atom is 0.127 e. The van der Waals surface area contributed by atoms with Gasteiger partial charge in [-0.25, -0.2) is 8.78 Å². The lowest BCUT2D eigenvalue weighted by molar-refractivity contribution is 0.590. The average molecular weight is 326 g/mol. The van der Waals surface area contributed by atoms with Crippen molar-refractivity contribution in [3.8, 4) is 0 Å². The van der Waals surface area contributed by atoms with Gasteiger partial charge in [0.15, 0.2) is 0 Å². The monoisotopic (exact) mass is 325 g/mol. The summed E-state index contributed by atoms with van der Waals surface area (Å²) < 4.78 is 27.6. The molecule has 0 aromatic heterocycles. The normalized spacial score (nSPS) is 12.5. The summed E-state index contributed by atoms with van der Waals surface area (Å²) in [5.41, 5.74) is 7.96. The second-order valence-corrected chi connectivity index (χ2v) is 5.47. The van der Waals surface area contributed by atoms with E-state index in [4.69, 9.17) is 5.73 Å². The van der Waals surface area contributed by atoms with E-state index in [0.29, 0.717) is 22.0 Å². The number of halogens is 3. The van der Waals surface area contributed by atoms with Gasteiger partial charge in [0.2, 0.25) is 0 Å². The van der Waals surface area contributed by atoms with E-state index in [1.807, 2.05) is 0 Å². The van der Waals surface area contributed by atoms with Gasteiger partial charge in [-0.2, -0.15) is 0 Å². The maximum absolute atomic E-state index is 13.7. The first-order valence-electron chi connectivity index (χ1n) is 5.93. The van der Waals surface area contributed by atoms with Gasteiger partial charge in [-0.15, -0.1) is 0 Å². The molecule has 0 aliphatic rings. The van der Waals surface area contributed by atoms with Crippen molar-refractivity contribution in [3.63, 3.8) is 0 Å². The van der Waals surface area contributed by atoms with Crippen LogP contribution in [0.3, 0.4) is 0 Å². The quantitative estimate of drug-likeness (QED) is 0.895. The van der Waals surface area contributed by atoms with Crippen molar-refractivity contribution in [2.45, 2.75) is 19.4 Å². The summed E-state index contributed by atoms with van der Waals surface area (Å²) >= 11 is 3.21. The third-order valence-corrected chi connectivity index (χ3v) is 3.56. The van der Waals surface area contributed by atoms with Crippen molar-refractivity contribution in [3.05, 3.63) is 69.2 Å². The van der Waals surface area contributed by atoms with Crippen molar-refractivity contribution < 1.29 is 8.78 Å². The van der Waals surface area contributed by atoms with Crippen LogP contribution in [0.25, 0.3) is 0 Å². The Hall–Kier alpha value is -1.26. The molecule has 0 amide bonds. The molecule has 2 N–H and O–H groups in total. The lowest BCUT2D eigenvalue weighted by Crippen LogP contribution is -2.14. The molecule has 0 aliphatic carbocycles. The number of hydrogen-bond donors (Lipinski definition) is 1. The van der Waals surface area contributed by atoms with Gasteiger partial charge >= 0.3 is 0 Å². The van der Waals surface area contributed by atoms with Crippen molar-refractivity contribution in [1.29, 1.82) is 0 Å². The van der Waals surface area contributed by atoms with Crippen LogP contribution >= 0.6 is 15.9 Å². The van der Waals surface area contributed by atoms with Gasteiger partial charge in [-0.3, -0.25) is 0 Å². The summed E-state index contributed by atoms with van der Waals surface area (Å²) in [6.07, 6.45) is 0.379. The Morgan fingerprint density at radius 3 is 2.47 bits per heavy atom. The fraction of sp³-hybridized carbons (Fsp3) is 0.200. The fourth-order valence-corrected chi connectivity index (χ4v) is 2.27. The molecule has 2 rings (SSSR count). The summed E-state index contributed by atoms with van der Waals surface area (Å²) in [6.45, 7) is 1.69. The standard InChI is InChI=1S/C15H14BrF2N/c1-9-6-11(3-5-13(9)17)15(19)7-10-2-4-12(16)8-14(10)18/h2-6,8,15H,7,19H2,1H3. The minimum atomic E-state index is -0.352. The van der Waals surface area contributed by atoms with E-state index in [0.717, 1.165) is 5.56 Å².